The lowest BCUT2D eigenvalue weighted by molar-refractivity contribution is -0.274. The zero-order chi connectivity index (χ0) is 25.1. The molecule has 3 rings (SSSR count). The number of halogens is 6. The number of alkyl halides is 6. The van der Waals surface area contributed by atoms with Crippen LogP contribution in [0.2, 0.25) is 0 Å². The number of aromatic nitrogens is 2. The van der Waals surface area contributed by atoms with Crippen LogP contribution in [-0.4, -0.2) is 55.2 Å². The summed E-state index contributed by atoms with van der Waals surface area (Å²) in [5.74, 6) is -3.02. The molecule has 1 saturated heterocycles. The number of carbonyl (C=O) groups excluding carboxylic acids is 1. The van der Waals surface area contributed by atoms with Crippen LogP contribution in [-0.2, 0) is 4.74 Å². The van der Waals surface area contributed by atoms with Gasteiger partial charge in [-0.25, -0.2) is 4.98 Å². The Morgan fingerprint density at radius 3 is 2.47 bits per heavy atom. The fourth-order valence-electron chi connectivity index (χ4n) is 3.45. The number of hydrogen-bond acceptors (Lipinski definition) is 6. The summed E-state index contributed by atoms with van der Waals surface area (Å²) in [5, 5.41) is 2.56. The predicted octanol–water partition coefficient (Wildman–Crippen LogP) is 3.17. The van der Waals surface area contributed by atoms with E-state index in [1.807, 2.05) is 0 Å². The first-order valence-corrected chi connectivity index (χ1v) is 9.94. The summed E-state index contributed by atoms with van der Waals surface area (Å²) in [4.78, 5) is 32.3. The minimum atomic E-state index is -4.86. The van der Waals surface area contributed by atoms with E-state index in [-0.39, 0.29) is 31.2 Å². The standard InChI is InChI=1S/C20H20F6N4O4/c1-33-10-15(11-2-4-13(5-3-11)34-20(24,25)26)27-17(32)14-8-16(31)29-18(28-14)30-7-6-12(9-30)19(21,22)23/h2-5,8,12,15H,6-7,9-10H2,1H3,(H,27,32)(H,28,29,31)/t12?,15-/m1/s1. The molecule has 0 radical (unpaired) electrons. The van der Waals surface area contributed by atoms with Gasteiger partial charge < -0.3 is 19.7 Å². The molecule has 8 nitrogen and oxygen atoms in total. The van der Waals surface area contributed by atoms with Crippen LogP contribution < -0.4 is 20.5 Å². The minimum Gasteiger partial charge on any atom is -0.406 e. The quantitative estimate of drug-likeness (QED) is 0.575. The molecule has 1 amide bonds. The Morgan fingerprint density at radius 1 is 1.24 bits per heavy atom. The molecule has 186 valence electrons. The van der Waals surface area contributed by atoms with Gasteiger partial charge in [-0.2, -0.15) is 13.2 Å². The van der Waals surface area contributed by atoms with Gasteiger partial charge in [-0.05, 0) is 24.1 Å². The number of carbonyl (C=O) groups is 1. The molecule has 1 aliphatic heterocycles. The molecule has 2 aromatic rings. The molecule has 0 saturated carbocycles. The maximum atomic E-state index is 13.0. The molecule has 2 atom stereocenters. The van der Waals surface area contributed by atoms with E-state index in [9.17, 15) is 35.9 Å². The molecule has 2 heterocycles. The molecule has 34 heavy (non-hydrogen) atoms. The zero-order valence-corrected chi connectivity index (χ0v) is 17.7. The van der Waals surface area contributed by atoms with Gasteiger partial charge in [0, 0.05) is 26.3 Å². The van der Waals surface area contributed by atoms with E-state index in [0.717, 1.165) is 18.2 Å². The Kier molecular flexibility index (Phi) is 7.38. The van der Waals surface area contributed by atoms with Gasteiger partial charge in [0.05, 0.1) is 18.6 Å². The molecule has 1 aromatic heterocycles. The number of H-pyrrole nitrogens is 1. The molecule has 1 fully saturated rings. The summed E-state index contributed by atoms with van der Waals surface area (Å²) in [6.45, 7) is -0.479. The summed E-state index contributed by atoms with van der Waals surface area (Å²) in [7, 11) is 1.34. The van der Waals surface area contributed by atoms with Crippen molar-refractivity contribution >= 4 is 11.9 Å². The van der Waals surface area contributed by atoms with E-state index in [1.165, 1.54) is 24.1 Å². The van der Waals surface area contributed by atoms with Gasteiger partial charge in [0.25, 0.3) is 11.5 Å². The normalized spacial score (nSPS) is 17.5. The molecule has 1 aromatic carbocycles. The van der Waals surface area contributed by atoms with E-state index in [2.05, 4.69) is 20.0 Å². The first kappa shape index (κ1) is 25.3. The molecule has 0 aliphatic carbocycles. The maximum Gasteiger partial charge on any atom is 0.573 e. The van der Waals surface area contributed by atoms with Gasteiger partial charge in [-0.15, -0.1) is 13.2 Å². The van der Waals surface area contributed by atoms with Gasteiger partial charge in [0.1, 0.15) is 11.4 Å². The Labute approximate surface area is 188 Å². The van der Waals surface area contributed by atoms with Crippen molar-refractivity contribution in [2.24, 2.45) is 5.92 Å². The van der Waals surface area contributed by atoms with Crippen LogP contribution in [0.4, 0.5) is 32.3 Å². The number of amides is 1. The van der Waals surface area contributed by atoms with Gasteiger partial charge in [-0.1, -0.05) is 12.1 Å². The molecule has 0 bridgehead atoms. The number of benzene rings is 1. The number of nitrogens with one attached hydrogen (secondary N) is 2. The van der Waals surface area contributed by atoms with Gasteiger partial charge >= 0.3 is 12.5 Å². The number of hydrogen-bond donors (Lipinski definition) is 2. The van der Waals surface area contributed by atoms with E-state index in [4.69, 9.17) is 4.74 Å². The van der Waals surface area contributed by atoms with E-state index >= 15 is 0 Å². The van der Waals surface area contributed by atoms with Crippen LogP contribution in [0.25, 0.3) is 0 Å². The van der Waals surface area contributed by atoms with Gasteiger partial charge in [0.2, 0.25) is 5.95 Å². The van der Waals surface area contributed by atoms with Crippen molar-refractivity contribution in [1.29, 1.82) is 0 Å². The topological polar surface area (TPSA) is 96.5 Å². The highest BCUT2D eigenvalue weighted by Gasteiger charge is 2.44. The Balaban J connectivity index is 1.76. The highest BCUT2D eigenvalue weighted by atomic mass is 19.4. The maximum absolute atomic E-state index is 13.0. The summed E-state index contributed by atoms with van der Waals surface area (Å²) >= 11 is 0. The Morgan fingerprint density at radius 2 is 1.91 bits per heavy atom. The second kappa shape index (κ2) is 9.91. The summed E-state index contributed by atoms with van der Waals surface area (Å²) in [6.07, 6.45) is -9.42. The van der Waals surface area contributed by atoms with Crippen molar-refractivity contribution in [3.63, 3.8) is 0 Å². The number of methoxy groups -OCH3 is 1. The molecule has 2 N–H and O–H groups in total. The molecule has 1 unspecified atom stereocenters. The first-order chi connectivity index (χ1) is 15.9. The third kappa shape index (κ3) is 6.62. The molecular weight excluding hydrogens is 474 g/mol. The van der Waals surface area contributed by atoms with Crippen molar-refractivity contribution in [1.82, 2.24) is 15.3 Å². The number of anilines is 1. The lowest BCUT2D eigenvalue weighted by Crippen LogP contribution is -2.34. The third-order valence-corrected chi connectivity index (χ3v) is 5.07. The molecular formula is C20H20F6N4O4. The largest absolute Gasteiger partial charge is 0.573 e. The summed E-state index contributed by atoms with van der Waals surface area (Å²) in [6, 6.07) is 4.77. The smallest absolute Gasteiger partial charge is 0.406 e. The number of nitrogens with zero attached hydrogens (tertiary/aromatic N) is 2. The van der Waals surface area contributed by atoms with Crippen LogP contribution in [0.1, 0.15) is 28.5 Å². The SMILES string of the molecule is COC[C@@H](NC(=O)c1cc(=O)[nH]c(N2CCC(C(F)(F)F)C2)n1)c1ccc(OC(F)(F)F)cc1. The van der Waals surface area contributed by atoms with Crippen LogP contribution in [0.15, 0.2) is 35.1 Å². The van der Waals surface area contributed by atoms with Gasteiger partial charge in [-0.3, -0.25) is 14.6 Å². The molecule has 0 spiro atoms. The average Bonchev–Trinajstić information content (AvgIpc) is 3.23. The summed E-state index contributed by atoms with van der Waals surface area (Å²) in [5.41, 5.74) is -0.697. The molecule has 14 heteroatoms. The van der Waals surface area contributed by atoms with Crippen molar-refractivity contribution < 1.29 is 40.6 Å². The Hall–Kier alpha value is -3.29. The fraction of sp³-hybridized carbons (Fsp3) is 0.450. The zero-order valence-electron chi connectivity index (χ0n) is 17.7. The molecule has 1 aliphatic rings. The van der Waals surface area contributed by atoms with E-state index < -0.39 is 48.3 Å². The van der Waals surface area contributed by atoms with Crippen molar-refractivity contribution in [2.75, 3.05) is 31.7 Å². The lowest BCUT2D eigenvalue weighted by Gasteiger charge is -2.20. The third-order valence-electron chi connectivity index (χ3n) is 5.07. The van der Waals surface area contributed by atoms with Crippen LogP contribution in [0.5, 0.6) is 5.75 Å². The minimum absolute atomic E-state index is 0.00314. The number of aromatic amines is 1. The number of ether oxygens (including phenoxy) is 2. The van der Waals surface area contributed by atoms with Crippen molar-refractivity contribution in [3.05, 3.63) is 51.9 Å². The predicted molar refractivity (Wildman–Crippen MR) is 106 cm³/mol. The van der Waals surface area contributed by atoms with Crippen LogP contribution >= 0.6 is 0 Å². The van der Waals surface area contributed by atoms with E-state index in [0.29, 0.717) is 5.56 Å². The summed E-state index contributed by atoms with van der Waals surface area (Å²) < 4.78 is 84.8. The second-order valence-corrected chi connectivity index (χ2v) is 7.53. The van der Waals surface area contributed by atoms with Crippen molar-refractivity contribution in [2.45, 2.75) is 25.0 Å². The van der Waals surface area contributed by atoms with Crippen LogP contribution in [0.3, 0.4) is 0 Å². The fourth-order valence-corrected chi connectivity index (χ4v) is 3.45. The Bertz CT molecular complexity index is 1050. The average molecular weight is 494 g/mol. The highest BCUT2D eigenvalue weighted by Crippen LogP contribution is 2.34. The highest BCUT2D eigenvalue weighted by molar-refractivity contribution is 5.92. The monoisotopic (exact) mass is 494 g/mol. The van der Waals surface area contributed by atoms with E-state index in [1.54, 1.807) is 0 Å². The van der Waals surface area contributed by atoms with Gasteiger partial charge in [0.15, 0.2) is 0 Å². The lowest BCUT2D eigenvalue weighted by atomic mass is 10.1. The number of rotatable bonds is 7. The first-order valence-electron chi connectivity index (χ1n) is 9.94. The van der Waals surface area contributed by atoms with Crippen LogP contribution in [0, 0.1) is 5.92 Å². The second-order valence-electron chi connectivity index (χ2n) is 7.53. The van der Waals surface area contributed by atoms with Crippen molar-refractivity contribution in [3.8, 4) is 5.75 Å².